The third-order valence-electron chi connectivity index (χ3n) is 5.61. The molecule has 3 aromatic carbocycles. The predicted octanol–water partition coefficient (Wildman–Crippen LogP) is 5.35. The third-order valence-corrected chi connectivity index (χ3v) is 5.61. The molecule has 0 fully saturated rings. The Morgan fingerprint density at radius 2 is 1.68 bits per heavy atom. The molecule has 0 unspecified atom stereocenters. The van der Waals surface area contributed by atoms with Gasteiger partial charge in [-0.1, -0.05) is 48.0 Å². The zero-order valence-corrected chi connectivity index (χ0v) is 17.0. The van der Waals surface area contributed by atoms with Gasteiger partial charge >= 0.3 is 0 Å². The number of hydrogen-bond donors (Lipinski definition) is 0. The molecule has 6 nitrogen and oxygen atoms in total. The van der Waals surface area contributed by atoms with E-state index >= 15 is 0 Å². The molecule has 0 bridgehead atoms. The first kappa shape index (κ1) is 17.8. The summed E-state index contributed by atoms with van der Waals surface area (Å²) in [5.74, 6) is 2.07. The van der Waals surface area contributed by atoms with Gasteiger partial charge in [0.1, 0.15) is 5.82 Å². The summed E-state index contributed by atoms with van der Waals surface area (Å²) in [6.07, 6.45) is 0.988. The number of anilines is 2. The second-order valence-corrected chi connectivity index (χ2v) is 7.70. The van der Waals surface area contributed by atoms with Crippen molar-refractivity contribution in [3.05, 3.63) is 83.9 Å². The smallest absolute Gasteiger partial charge is 0.286 e. The van der Waals surface area contributed by atoms with Crippen LogP contribution in [-0.4, -0.2) is 26.7 Å². The topological polar surface area (TPSA) is 67.9 Å². The molecule has 150 valence electrons. The van der Waals surface area contributed by atoms with E-state index in [0.29, 0.717) is 17.6 Å². The van der Waals surface area contributed by atoms with E-state index < -0.39 is 0 Å². The lowest BCUT2D eigenvalue weighted by molar-refractivity contribution is 0.579. The van der Waals surface area contributed by atoms with Crippen molar-refractivity contribution in [1.29, 1.82) is 0 Å². The zero-order chi connectivity index (χ0) is 20.8. The Balaban J connectivity index is 1.49. The number of hydrogen-bond acceptors (Lipinski definition) is 6. The van der Waals surface area contributed by atoms with Gasteiger partial charge in [-0.05, 0) is 49.2 Å². The number of aryl methyl sites for hydroxylation is 1. The minimum atomic E-state index is 0.316. The van der Waals surface area contributed by atoms with Crippen LogP contribution in [0.2, 0.25) is 0 Å². The van der Waals surface area contributed by atoms with Gasteiger partial charge in [0.05, 0.1) is 5.52 Å². The highest BCUT2D eigenvalue weighted by Gasteiger charge is 2.25. The van der Waals surface area contributed by atoms with Crippen LogP contribution in [0, 0.1) is 6.92 Å². The Bertz CT molecular complexity index is 1420. The normalized spacial score (nSPS) is 13.0. The maximum Gasteiger partial charge on any atom is 0.286 e. The summed E-state index contributed by atoms with van der Waals surface area (Å²) in [6, 6.07) is 24.5. The lowest BCUT2D eigenvalue weighted by Gasteiger charge is -2.20. The molecule has 6 heteroatoms. The minimum Gasteiger partial charge on any atom is -0.413 e. The van der Waals surface area contributed by atoms with Gasteiger partial charge in [0.25, 0.3) is 5.89 Å². The SMILES string of the molecule is Cc1cccc(-c2nnc(-c3nc(N4CCc5ccccc54)c4ccccc4n3)o2)c1. The quantitative estimate of drug-likeness (QED) is 0.403. The molecule has 0 spiro atoms. The largest absolute Gasteiger partial charge is 0.413 e. The molecule has 0 radical (unpaired) electrons. The fraction of sp³-hybridized carbons (Fsp3) is 0.120. The van der Waals surface area contributed by atoms with E-state index in [1.807, 2.05) is 49.4 Å². The number of fused-ring (bicyclic) bond motifs is 2. The first-order valence-corrected chi connectivity index (χ1v) is 10.3. The van der Waals surface area contributed by atoms with Crippen LogP contribution in [0.5, 0.6) is 0 Å². The van der Waals surface area contributed by atoms with E-state index in [2.05, 4.69) is 45.4 Å². The highest BCUT2D eigenvalue weighted by atomic mass is 16.4. The van der Waals surface area contributed by atoms with Gasteiger partial charge in [0.2, 0.25) is 11.7 Å². The number of para-hydroxylation sites is 2. The molecule has 3 heterocycles. The van der Waals surface area contributed by atoms with Crippen LogP contribution in [0.4, 0.5) is 11.5 Å². The van der Waals surface area contributed by atoms with Crippen molar-refractivity contribution >= 4 is 22.4 Å². The molecule has 0 amide bonds. The van der Waals surface area contributed by atoms with Crippen molar-refractivity contribution in [3.8, 4) is 23.2 Å². The van der Waals surface area contributed by atoms with Crippen LogP contribution in [0.1, 0.15) is 11.1 Å². The van der Waals surface area contributed by atoms with E-state index in [1.54, 1.807) is 0 Å². The number of aromatic nitrogens is 4. The lowest BCUT2D eigenvalue weighted by Crippen LogP contribution is -2.16. The van der Waals surface area contributed by atoms with Crippen LogP contribution in [0.15, 0.2) is 77.2 Å². The fourth-order valence-electron chi connectivity index (χ4n) is 4.13. The maximum absolute atomic E-state index is 5.98. The average molecular weight is 405 g/mol. The summed E-state index contributed by atoms with van der Waals surface area (Å²) in [5, 5.41) is 9.49. The number of rotatable bonds is 3. The molecule has 2 aromatic heterocycles. The summed E-state index contributed by atoms with van der Waals surface area (Å²) in [7, 11) is 0. The van der Waals surface area contributed by atoms with Gasteiger partial charge in [-0.25, -0.2) is 9.97 Å². The van der Waals surface area contributed by atoms with E-state index in [4.69, 9.17) is 14.4 Å². The van der Waals surface area contributed by atoms with Crippen molar-refractivity contribution in [3.63, 3.8) is 0 Å². The highest BCUT2D eigenvalue weighted by molar-refractivity contribution is 5.93. The summed E-state index contributed by atoms with van der Waals surface area (Å²) in [6.45, 7) is 2.91. The second kappa shape index (κ2) is 7.02. The van der Waals surface area contributed by atoms with Crippen molar-refractivity contribution in [1.82, 2.24) is 20.2 Å². The van der Waals surface area contributed by atoms with Crippen LogP contribution < -0.4 is 4.90 Å². The molecule has 0 saturated carbocycles. The molecule has 0 N–H and O–H groups in total. The Kier molecular flexibility index (Phi) is 4.02. The van der Waals surface area contributed by atoms with Crippen molar-refractivity contribution in [2.75, 3.05) is 11.4 Å². The molecule has 5 aromatic rings. The van der Waals surface area contributed by atoms with Crippen LogP contribution in [0.3, 0.4) is 0 Å². The highest BCUT2D eigenvalue weighted by Crippen LogP contribution is 2.37. The predicted molar refractivity (Wildman–Crippen MR) is 120 cm³/mol. The summed E-state index contributed by atoms with van der Waals surface area (Å²) in [5.41, 5.74) is 5.37. The van der Waals surface area contributed by atoms with Gasteiger partial charge in [-0.15, -0.1) is 10.2 Å². The Morgan fingerprint density at radius 1 is 0.839 bits per heavy atom. The van der Waals surface area contributed by atoms with Crippen molar-refractivity contribution in [2.45, 2.75) is 13.3 Å². The number of nitrogens with zero attached hydrogens (tertiary/aromatic N) is 5. The van der Waals surface area contributed by atoms with E-state index in [-0.39, 0.29) is 0 Å². The lowest BCUT2D eigenvalue weighted by atomic mass is 10.1. The Morgan fingerprint density at radius 3 is 2.61 bits per heavy atom. The van der Waals surface area contributed by atoms with Crippen molar-refractivity contribution < 1.29 is 4.42 Å². The molecule has 0 saturated heterocycles. The van der Waals surface area contributed by atoms with Gasteiger partial charge in [-0.2, -0.15) is 0 Å². The molecular weight excluding hydrogens is 386 g/mol. The monoisotopic (exact) mass is 405 g/mol. The van der Waals surface area contributed by atoms with Crippen LogP contribution >= 0.6 is 0 Å². The van der Waals surface area contributed by atoms with Gasteiger partial charge in [0.15, 0.2) is 0 Å². The standard InChI is InChI=1S/C25H19N5O/c1-16-7-6-9-18(15-16)24-28-29-25(31-24)22-26-20-11-4-3-10-19(20)23(27-22)30-14-13-17-8-2-5-12-21(17)30/h2-12,15H,13-14H2,1H3. The average Bonchev–Trinajstić information content (AvgIpc) is 3.46. The Hall–Kier alpha value is -4.06. The minimum absolute atomic E-state index is 0.316. The summed E-state index contributed by atoms with van der Waals surface area (Å²) >= 11 is 0. The molecule has 0 atom stereocenters. The molecule has 0 aliphatic carbocycles. The van der Waals surface area contributed by atoms with Gasteiger partial charge in [-0.3, -0.25) is 0 Å². The number of benzene rings is 3. The van der Waals surface area contributed by atoms with Gasteiger partial charge in [0, 0.05) is 23.2 Å². The van der Waals surface area contributed by atoms with Crippen LogP contribution in [0.25, 0.3) is 34.1 Å². The maximum atomic E-state index is 5.98. The molecule has 31 heavy (non-hydrogen) atoms. The fourth-order valence-corrected chi connectivity index (χ4v) is 4.13. The van der Waals surface area contributed by atoms with E-state index in [9.17, 15) is 0 Å². The van der Waals surface area contributed by atoms with Crippen LogP contribution in [-0.2, 0) is 6.42 Å². The zero-order valence-electron chi connectivity index (χ0n) is 17.0. The molecule has 1 aliphatic heterocycles. The molecule has 6 rings (SSSR count). The first-order chi connectivity index (χ1) is 15.3. The Labute approximate surface area is 179 Å². The second-order valence-electron chi connectivity index (χ2n) is 7.70. The third kappa shape index (κ3) is 3.04. The summed E-state index contributed by atoms with van der Waals surface area (Å²) in [4.78, 5) is 11.9. The first-order valence-electron chi connectivity index (χ1n) is 10.3. The van der Waals surface area contributed by atoms with E-state index in [0.717, 1.165) is 40.8 Å². The summed E-state index contributed by atoms with van der Waals surface area (Å²) < 4.78 is 5.98. The molecular formula is C25H19N5O. The van der Waals surface area contributed by atoms with Crippen molar-refractivity contribution in [2.24, 2.45) is 0 Å². The van der Waals surface area contributed by atoms with E-state index in [1.165, 1.54) is 11.3 Å². The van der Waals surface area contributed by atoms with Gasteiger partial charge < -0.3 is 9.32 Å². The molecule has 1 aliphatic rings.